The summed E-state index contributed by atoms with van der Waals surface area (Å²) in [4.78, 5) is 20.5. The third-order valence-electron chi connectivity index (χ3n) is 7.55. The van der Waals surface area contributed by atoms with Crippen molar-refractivity contribution >= 4 is 11.9 Å². The van der Waals surface area contributed by atoms with Gasteiger partial charge in [0.15, 0.2) is 11.5 Å². The van der Waals surface area contributed by atoms with Crippen LogP contribution in [0.1, 0.15) is 69.1 Å². The molecule has 1 aliphatic heterocycles. The van der Waals surface area contributed by atoms with Crippen LogP contribution in [0.25, 0.3) is 0 Å². The van der Waals surface area contributed by atoms with E-state index in [0.29, 0.717) is 38.0 Å². The number of carbonyl (C=O) groups excluding carboxylic acids is 1. The van der Waals surface area contributed by atoms with Crippen molar-refractivity contribution < 1.29 is 18.3 Å². The number of amides is 1. The van der Waals surface area contributed by atoms with Gasteiger partial charge in [-0.25, -0.2) is 4.99 Å². The first-order valence-corrected chi connectivity index (χ1v) is 11.5. The molecule has 0 saturated heterocycles. The summed E-state index contributed by atoms with van der Waals surface area (Å²) in [5.41, 5.74) is 7.53. The molecule has 2 fully saturated rings. The van der Waals surface area contributed by atoms with E-state index in [4.69, 9.17) is 15.5 Å². The Labute approximate surface area is 187 Å². The van der Waals surface area contributed by atoms with E-state index in [1.54, 1.807) is 4.90 Å². The number of alkyl halides is 2. The van der Waals surface area contributed by atoms with Crippen molar-refractivity contribution in [2.75, 3.05) is 0 Å². The highest BCUT2D eigenvalue weighted by Gasteiger charge is 2.67. The van der Waals surface area contributed by atoms with Crippen molar-refractivity contribution in [2.45, 2.75) is 83.1 Å². The van der Waals surface area contributed by atoms with E-state index < -0.39 is 23.7 Å². The molecule has 0 bridgehead atoms. The molecule has 170 valence electrons. The lowest BCUT2D eigenvalue weighted by molar-refractivity contribution is -0.179. The summed E-state index contributed by atoms with van der Waals surface area (Å²) in [6.07, 6.45) is 4.57. The van der Waals surface area contributed by atoms with Crippen molar-refractivity contribution in [1.82, 2.24) is 4.90 Å². The first kappa shape index (κ1) is 21.4. The first-order valence-electron chi connectivity index (χ1n) is 11.5. The second-order valence-corrected chi connectivity index (χ2v) is 9.92. The van der Waals surface area contributed by atoms with Gasteiger partial charge < -0.3 is 10.5 Å². The largest absolute Gasteiger partial charge is 0.369 e. The van der Waals surface area contributed by atoms with Crippen LogP contribution in [0.3, 0.4) is 0 Å². The number of hydrogen-bond donors (Lipinski definition) is 1. The highest BCUT2D eigenvalue weighted by atomic mass is 19.3. The molecule has 1 unspecified atom stereocenters. The zero-order chi connectivity index (χ0) is 22.7. The predicted molar refractivity (Wildman–Crippen MR) is 117 cm³/mol. The number of carbonyl (C=O) groups is 1. The Morgan fingerprint density at radius 1 is 1.22 bits per heavy atom. The lowest BCUT2D eigenvalue weighted by Crippen LogP contribution is -2.53. The summed E-state index contributed by atoms with van der Waals surface area (Å²) in [6, 6.07) is 5.96. The molecule has 2 saturated carbocycles. The van der Waals surface area contributed by atoms with Crippen LogP contribution in [0.4, 0.5) is 8.78 Å². The number of aliphatic imine (C=N–C) groups is 1. The van der Waals surface area contributed by atoms with E-state index in [1.165, 1.54) is 0 Å². The van der Waals surface area contributed by atoms with Crippen LogP contribution in [-0.2, 0) is 21.5 Å². The fourth-order valence-corrected chi connectivity index (χ4v) is 5.87. The quantitative estimate of drug-likeness (QED) is 0.723. The number of ether oxygens (including phenoxy) is 1. The van der Waals surface area contributed by atoms with E-state index in [-0.39, 0.29) is 17.9 Å². The van der Waals surface area contributed by atoms with Crippen molar-refractivity contribution in [2.24, 2.45) is 22.1 Å². The van der Waals surface area contributed by atoms with E-state index >= 15 is 0 Å². The molecule has 32 heavy (non-hydrogen) atoms. The van der Waals surface area contributed by atoms with E-state index in [2.05, 4.69) is 17.9 Å². The first-order chi connectivity index (χ1) is 15.3. The lowest BCUT2D eigenvalue weighted by atomic mass is 9.61. The maximum absolute atomic E-state index is 14.0. The van der Waals surface area contributed by atoms with Gasteiger partial charge in [0.1, 0.15) is 0 Å². The summed E-state index contributed by atoms with van der Waals surface area (Å²) >= 11 is 0. The number of nitrogens with zero attached hydrogens (tertiary/aromatic N) is 2. The van der Waals surface area contributed by atoms with Gasteiger partial charge in [-0.05, 0) is 82.1 Å². The maximum Gasteiger partial charge on any atom is 0.345 e. The number of halogens is 2. The Kier molecular flexibility index (Phi) is 5.05. The van der Waals surface area contributed by atoms with Gasteiger partial charge in [-0.2, -0.15) is 8.78 Å². The fraction of sp³-hybridized carbons (Fsp3) is 0.600. The standard InChI is InChI=1S/C25H29F2N3O2/c1-15(2)30-21(31)25(29-23(30)28)20-13-17(6-5-16-3-4-16)7-8-18(20)14-24(25)11-9-19(10-12-24)32-22(26)27/h7-8,13,15-16,19,22H,3-4,9-12,14H2,1-2H3,(H2,28,29)/t19-,24-,25?. The number of hydrogen-bond acceptors (Lipinski definition) is 4. The maximum atomic E-state index is 14.0. The van der Waals surface area contributed by atoms with Crippen LogP contribution >= 0.6 is 0 Å². The molecule has 3 aliphatic carbocycles. The number of guanidine groups is 1. The van der Waals surface area contributed by atoms with Gasteiger partial charge in [-0.3, -0.25) is 9.69 Å². The van der Waals surface area contributed by atoms with Crippen LogP contribution in [0, 0.1) is 23.2 Å². The molecule has 1 amide bonds. The van der Waals surface area contributed by atoms with Gasteiger partial charge >= 0.3 is 6.61 Å². The zero-order valence-corrected chi connectivity index (χ0v) is 18.5. The zero-order valence-electron chi connectivity index (χ0n) is 18.5. The van der Waals surface area contributed by atoms with Crippen LogP contribution in [0.5, 0.6) is 0 Å². The molecule has 1 aromatic carbocycles. The molecule has 0 radical (unpaired) electrons. The Balaban J connectivity index is 1.58. The Hall–Kier alpha value is -2.46. The van der Waals surface area contributed by atoms with Gasteiger partial charge in [-0.1, -0.05) is 17.9 Å². The summed E-state index contributed by atoms with van der Waals surface area (Å²) in [7, 11) is 0. The monoisotopic (exact) mass is 441 g/mol. The second-order valence-electron chi connectivity index (χ2n) is 9.92. The predicted octanol–water partition coefficient (Wildman–Crippen LogP) is 3.93. The number of fused-ring (bicyclic) bond motifs is 3. The Morgan fingerprint density at radius 3 is 2.53 bits per heavy atom. The smallest absolute Gasteiger partial charge is 0.345 e. The van der Waals surface area contributed by atoms with Gasteiger partial charge in [0.25, 0.3) is 5.91 Å². The third kappa shape index (κ3) is 3.23. The average Bonchev–Trinajstić information content (AvgIpc) is 3.47. The highest BCUT2D eigenvalue weighted by molar-refractivity contribution is 6.08. The molecule has 1 heterocycles. The van der Waals surface area contributed by atoms with Crippen molar-refractivity contribution in [1.29, 1.82) is 0 Å². The topological polar surface area (TPSA) is 67.9 Å². The van der Waals surface area contributed by atoms with Crippen molar-refractivity contribution in [3.8, 4) is 11.8 Å². The van der Waals surface area contributed by atoms with E-state index in [9.17, 15) is 13.6 Å². The van der Waals surface area contributed by atoms with E-state index in [0.717, 1.165) is 29.5 Å². The summed E-state index contributed by atoms with van der Waals surface area (Å²) in [5.74, 6) is 7.16. The highest BCUT2D eigenvalue weighted by Crippen LogP contribution is 2.62. The molecule has 1 atom stereocenters. The minimum Gasteiger partial charge on any atom is -0.369 e. The van der Waals surface area contributed by atoms with Gasteiger partial charge in [0.05, 0.1) is 6.10 Å². The molecular formula is C25H29F2N3O2. The summed E-state index contributed by atoms with van der Waals surface area (Å²) < 4.78 is 30.4. The molecule has 2 spiro atoms. The van der Waals surface area contributed by atoms with Crippen molar-refractivity contribution in [3.63, 3.8) is 0 Å². The molecule has 5 nitrogen and oxygen atoms in total. The number of nitrogens with two attached hydrogens (primary N) is 1. The fourth-order valence-electron chi connectivity index (χ4n) is 5.87. The summed E-state index contributed by atoms with van der Waals surface area (Å²) in [5, 5.41) is 0. The molecule has 7 heteroatoms. The Bertz CT molecular complexity index is 1030. The molecule has 2 N–H and O–H groups in total. The van der Waals surface area contributed by atoms with Gasteiger partial charge in [0.2, 0.25) is 0 Å². The van der Waals surface area contributed by atoms with Crippen LogP contribution < -0.4 is 5.73 Å². The third-order valence-corrected chi connectivity index (χ3v) is 7.55. The van der Waals surface area contributed by atoms with Crippen LogP contribution in [0.15, 0.2) is 23.2 Å². The van der Waals surface area contributed by atoms with Crippen LogP contribution in [0.2, 0.25) is 0 Å². The van der Waals surface area contributed by atoms with Crippen LogP contribution in [-0.4, -0.2) is 35.5 Å². The minimum atomic E-state index is -2.78. The van der Waals surface area contributed by atoms with E-state index in [1.807, 2.05) is 26.0 Å². The summed E-state index contributed by atoms with van der Waals surface area (Å²) in [6.45, 7) is 1.06. The SMILES string of the molecule is CC(C)N1C(=O)C2(N=C1N)c1cc(C#CC3CC3)ccc1C[C@]21CC[C@@H](OC(F)F)CC1. The number of rotatable bonds is 3. The molecule has 1 aromatic rings. The molecule has 0 aromatic heterocycles. The average molecular weight is 442 g/mol. The Morgan fingerprint density at radius 2 is 1.94 bits per heavy atom. The molecular weight excluding hydrogens is 412 g/mol. The normalized spacial score (nSPS) is 31.4. The minimum absolute atomic E-state index is 0.107. The lowest BCUT2D eigenvalue weighted by Gasteiger charge is -2.45. The van der Waals surface area contributed by atoms with Gasteiger partial charge in [0, 0.05) is 22.9 Å². The second kappa shape index (κ2) is 7.55. The van der Waals surface area contributed by atoms with Gasteiger partial charge in [-0.15, -0.1) is 0 Å². The van der Waals surface area contributed by atoms with Crippen molar-refractivity contribution in [3.05, 3.63) is 34.9 Å². The molecule has 5 rings (SSSR count). The molecule has 4 aliphatic rings. The number of benzene rings is 1.